The lowest BCUT2D eigenvalue weighted by Gasteiger charge is -2.52. The average molecular weight is 568 g/mol. The van der Waals surface area contributed by atoms with Crippen LogP contribution in [0.25, 0.3) is 10.9 Å². The fourth-order valence-electron chi connectivity index (χ4n) is 4.24. The average Bonchev–Trinajstić information content (AvgIpc) is 2.99. The zero-order chi connectivity index (χ0) is 22.8. The van der Waals surface area contributed by atoms with E-state index >= 15 is 0 Å². The van der Waals surface area contributed by atoms with Crippen molar-refractivity contribution in [3.8, 4) is 0 Å². The summed E-state index contributed by atoms with van der Waals surface area (Å²) in [6.07, 6.45) is 0. The molecule has 0 saturated carbocycles. The minimum absolute atomic E-state index is 0.113. The summed E-state index contributed by atoms with van der Waals surface area (Å²) in [7, 11) is -4.11. The molecular formula is C23H24Br2N2O3S. The van der Waals surface area contributed by atoms with Crippen LogP contribution in [0, 0.1) is 12.3 Å². The van der Waals surface area contributed by atoms with Gasteiger partial charge in [-0.15, -0.1) is 0 Å². The van der Waals surface area contributed by atoms with Crippen LogP contribution < -0.4 is 0 Å². The number of carbonyl (C=O) groups excluding carboxylic acids is 1. The van der Waals surface area contributed by atoms with Gasteiger partial charge in [0.1, 0.15) is 5.69 Å². The van der Waals surface area contributed by atoms with E-state index in [9.17, 15) is 13.2 Å². The second-order valence-corrected chi connectivity index (χ2v) is 12.2. The van der Waals surface area contributed by atoms with Gasteiger partial charge in [-0.1, -0.05) is 72.6 Å². The van der Waals surface area contributed by atoms with E-state index in [0.29, 0.717) is 22.0 Å². The van der Waals surface area contributed by atoms with E-state index in [0.717, 1.165) is 20.8 Å². The first-order valence-electron chi connectivity index (χ1n) is 9.95. The van der Waals surface area contributed by atoms with Gasteiger partial charge in [0.2, 0.25) is 0 Å². The molecule has 1 amide bonds. The molecule has 1 aliphatic heterocycles. The van der Waals surface area contributed by atoms with Crippen LogP contribution in [0.3, 0.4) is 0 Å². The van der Waals surface area contributed by atoms with Crippen molar-refractivity contribution in [3.05, 3.63) is 64.3 Å². The molecule has 0 N–H and O–H groups in total. The maximum absolute atomic E-state index is 14.0. The monoisotopic (exact) mass is 566 g/mol. The molecule has 5 nitrogen and oxygen atoms in total. The molecule has 0 unspecified atom stereocenters. The van der Waals surface area contributed by atoms with E-state index in [1.807, 2.05) is 56.5 Å². The van der Waals surface area contributed by atoms with Crippen LogP contribution in [-0.2, 0) is 16.6 Å². The number of aryl methyl sites for hydroxylation is 1. The van der Waals surface area contributed by atoms with Crippen LogP contribution in [0.15, 0.2) is 57.9 Å². The second-order valence-electron chi connectivity index (χ2n) is 9.07. The van der Waals surface area contributed by atoms with Gasteiger partial charge in [0.25, 0.3) is 15.9 Å². The number of nitrogens with zero attached hydrogens (tertiary/aromatic N) is 2. The number of benzene rings is 2. The Balaban J connectivity index is 2.05. The number of hydrogen-bond donors (Lipinski definition) is 0. The summed E-state index contributed by atoms with van der Waals surface area (Å²) >= 11 is 7.16. The van der Waals surface area contributed by atoms with E-state index in [1.54, 1.807) is 24.3 Å². The molecule has 3 aromatic rings. The van der Waals surface area contributed by atoms with Gasteiger partial charge in [-0.25, -0.2) is 12.7 Å². The normalized spacial score (nSPS) is 19.7. The van der Waals surface area contributed by atoms with Gasteiger partial charge >= 0.3 is 0 Å². The molecule has 0 aliphatic carbocycles. The Morgan fingerprint density at radius 3 is 2.26 bits per heavy atom. The van der Waals surface area contributed by atoms with Gasteiger partial charge in [0.15, 0.2) is 0 Å². The molecule has 0 spiro atoms. The first-order valence-corrected chi connectivity index (χ1v) is 13.3. The molecule has 4 rings (SSSR count). The number of fused-ring (bicyclic) bond motifs is 3. The minimum atomic E-state index is -4.11. The molecule has 0 radical (unpaired) electrons. The zero-order valence-corrected chi connectivity index (χ0v) is 21.8. The molecule has 0 saturated heterocycles. The van der Waals surface area contributed by atoms with Gasteiger partial charge < -0.3 is 4.57 Å². The summed E-state index contributed by atoms with van der Waals surface area (Å²) < 4.78 is 31.5. The Bertz CT molecular complexity index is 1290. The van der Waals surface area contributed by atoms with Crippen LogP contribution >= 0.6 is 31.9 Å². The largest absolute Gasteiger partial charge is 0.333 e. The molecule has 0 fully saturated rings. The third-order valence-corrected chi connectivity index (χ3v) is 9.88. The Morgan fingerprint density at radius 2 is 1.68 bits per heavy atom. The first-order chi connectivity index (χ1) is 14.5. The van der Waals surface area contributed by atoms with E-state index in [2.05, 4.69) is 31.9 Å². The highest BCUT2D eigenvalue weighted by atomic mass is 79.9. The number of sulfonamides is 1. The highest BCUT2D eigenvalue weighted by molar-refractivity contribution is 9.10. The lowest BCUT2D eigenvalue weighted by Crippen LogP contribution is -2.67. The van der Waals surface area contributed by atoms with Gasteiger partial charge in [-0.2, -0.15) is 0 Å². The Hall–Kier alpha value is -1.64. The summed E-state index contributed by atoms with van der Waals surface area (Å²) in [4.78, 5) is 14.1. The van der Waals surface area contributed by atoms with Crippen molar-refractivity contribution < 1.29 is 13.2 Å². The maximum Gasteiger partial charge on any atom is 0.286 e. The zero-order valence-electron chi connectivity index (χ0n) is 17.8. The molecular weight excluding hydrogens is 544 g/mol. The van der Waals surface area contributed by atoms with Crippen molar-refractivity contribution in [1.82, 2.24) is 8.87 Å². The van der Waals surface area contributed by atoms with Crippen molar-refractivity contribution in [3.63, 3.8) is 0 Å². The van der Waals surface area contributed by atoms with Crippen LogP contribution in [0.2, 0.25) is 0 Å². The predicted molar refractivity (Wildman–Crippen MR) is 130 cm³/mol. The number of para-hydroxylation sites is 1. The SMILES string of the molecule is Cc1ccc(S(=O)(=O)N2C(=O)c3c(Br)c4ccccc4n3C[C@]2(CBr)C(C)(C)C)cc1. The van der Waals surface area contributed by atoms with Crippen molar-refractivity contribution in [2.24, 2.45) is 5.41 Å². The fourth-order valence-corrected chi connectivity index (χ4v) is 8.25. The van der Waals surface area contributed by atoms with Crippen LogP contribution in [0.4, 0.5) is 0 Å². The quantitative estimate of drug-likeness (QED) is 0.379. The molecule has 164 valence electrons. The molecule has 8 heteroatoms. The summed E-state index contributed by atoms with van der Waals surface area (Å²) in [6, 6.07) is 14.4. The number of aromatic nitrogens is 1. The molecule has 0 bridgehead atoms. The molecule has 2 aromatic carbocycles. The van der Waals surface area contributed by atoms with E-state index in [-0.39, 0.29) is 4.90 Å². The van der Waals surface area contributed by atoms with E-state index < -0.39 is 26.9 Å². The van der Waals surface area contributed by atoms with Crippen LogP contribution in [0.1, 0.15) is 36.8 Å². The standard InChI is InChI=1S/C23H24Br2N2O3S/c1-15-9-11-16(12-10-15)31(29,30)27-21(28)20-19(25)17-7-5-6-8-18(17)26(20)14-23(27,13-24)22(2,3)4/h5-12H,13-14H2,1-4H3/t23-/m1/s1. The van der Waals surface area contributed by atoms with Gasteiger partial charge in [-0.3, -0.25) is 4.79 Å². The minimum Gasteiger partial charge on any atom is -0.333 e. The molecule has 1 aliphatic rings. The van der Waals surface area contributed by atoms with Gasteiger partial charge in [0.05, 0.1) is 14.9 Å². The third-order valence-electron chi connectivity index (χ3n) is 6.28. The van der Waals surface area contributed by atoms with Crippen molar-refractivity contribution >= 4 is 58.7 Å². The summed E-state index contributed by atoms with van der Waals surface area (Å²) in [6.45, 7) is 8.18. The third kappa shape index (κ3) is 3.21. The summed E-state index contributed by atoms with van der Waals surface area (Å²) in [5.41, 5.74) is 0.661. The molecule has 1 aromatic heterocycles. The van der Waals surface area contributed by atoms with Crippen LogP contribution in [-0.4, -0.2) is 34.1 Å². The molecule has 31 heavy (non-hydrogen) atoms. The number of carbonyl (C=O) groups is 1. The van der Waals surface area contributed by atoms with Gasteiger partial charge in [0, 0.05) is 22.8 Å². The second kappa shape index (κ2) is 7.46. The van der Waals surface area contributed by atoms with Crippen LogP contribution in [0.5, 0.6) is 0 Å². The lowest BCUT2D eigenvalue weighted by atomic mass is 9.73. The first kappa shape index (κ1) is 22.6. The number of rotatable bonds is 3. The number of hydrogen-bond acceptors (Lipinski definition) is 3. The van der Waals surface area contributed by atoms with Crippen molar-refractivity contribution in [2.75, 3.05) is 5.33 Å². The fraction of sp³-hybridized carbons (Fsp3) is 0.348. The van der Waals surface area contributed by atoms with Gasteiger partial charge in [-0.05, 0) is 46.5 Å². The Kier molecular flexibility index (Phi) is 5.42. The lowest BCUT2D eigenvalue weighted by molar-refractivity contribution is 0.0313. The number of amides is 1. The molecule has 1 atom stereocenters. The smallest absolute Gasteiger partial charge is 0.286 e. The van der Waals surface area contributed by atoms with E-state index in [1.165, 1.54) is 0 Å². The summed E-state index contributed by atoms with van der Waals surface area (Å²) in [5.74, 6) is -0.524. The van der Waals surface area contributed by atoms with E-state index in [4.69, 9.17) is 0 Å². The van der Waals surface area contributed by atoms with Crippen molar-refractivity contribution in [1.29, 1.82) is 0 Å². The Morgan fingerprint density at radius 1 is 1.06 bits per heavy atom. The maximum atomic E-state index is 14.0. The number of halogens is 2. The Labute approximate surface area is 199 Å². The predicted octanol–water partition coefficient (Wildman–Crippen LogP) is 5.74. The highest BCUT2D eigenvalue weighted by Gasteiger charge is 2.57. The number of alkyl halides is 1. The summed E-state index contributed by atoms with van der Waals surface area (Å²) in [5, 5.41) is 1.20. The van der Waals surface area contributed by atoms with Crippen molar-refractivity contribution in [2.45, 2.75) is 44.7 Å². The topological polar surface area (TPSA) is 59.4 Å². The highest BCUT2D eigenvalue weighted by Crippen LogP contribution is 2.48. The molecule has 2 heterocycles.